The van der Waals surface area contributed by atoms with E-state index in [0.29, 0.717) is 6.04 Å². The molecule has 0 saturated heterocycles. The molecule has 0 fully saturated rings. The highest BCUT2D eigenvalue weighted by atomic mass is 15.1. The highest BCUT2D eigenvalue weighted by Crippen LogP contribution is 2.24. The summed E-state index contributed by atoms with van der Waals surface area (Å²) in [7, 11) is 6.15. The molecule has 0 spiro atoms. The number of hydrogen-bond acceptors (Lipinski definition) is 2. The fraction of sp³-hybridized carbons (Fsp3) is 0.467. The van der Waals surface area contributed by atoms with Gasteiger partial charge in [-0.05, 0) is 37.6 Å². The average Bonchev–Trinajstić information content (AvgIpc) is 2.35. The molecular weight excluding hydrogens is 208 g/mol. The van der Waals surface area contributed by atoms with Crippen LogP contribution < -0.4 is 10.2 Å². The van der Waals surface area contributed by atoms with Crippen LogP contribution in [0.3, 0.4) is 0 Å². The summed E-state index contributed by atoms with van der Waals surface area (Å²) in [6.45, 7) is 6.25. The summed E-state index contributed by atoms with van der Waals surface area (Å²) >= 11 is 0. The fourth-order valence-electron chi connectivity index (χ4n) is 1.84. The molecule has 0 aliphatic rings. The van der Waals surface area contributed by atoms with Gasteiger partial charge in [0.25, 0.3) is 0 Å². The van der Waals surface area contributed by atoms with Crippen LogP contribution in [0.4, 0.5) is 5.69 Å². The second-order valence-electron chi connectivity index (χ2n) is 4.64. The molecule has 1 aromatic carbocycles. The van der Waals surface area contributed by atoms with Gasteiger partial charge in [0.15, 0.2) is 0 Å². The minimum absolute atomic E-state index is 0.363. The zero-order valence-corrected chi connectivity index (χ0v) is 11.5. The van der Waals surface area contributed by atoms with Crippen molar-refractivity contribution in [1.82, 2.24) is 5.32 Å². The zero-order valence-electron chi connectivity index (χ0n) is 11.5. The second kappa shape index (κ2) is 6.45. The second-order valence-corrected chi connectivity index (χ2v) is 4.64. The van der Waals surface area contributed by atoms with Gasteiger partial charge in [-0.25, -0.2) is 0 Å². The molecule has 1 aromatic rings. The lowest BCUT2D eigenvalue weighted by Crippen LogP contribution is -2.17. The third-order valence-electron chi connectivity index (χ3n) is 3.13. The van der Waals surface area contributed by atoms with E-state index in [1.807, 2.05) is 7.05 Å². The topological polar surface area (TPSA) is 15.3 Å². The van der Waals surface area contributed by atoms with Gasteiger partial charge in [-0.15, -0.1) is 0 Å². The van der Waals surface area contributed by atoms with Crippen molar-refractivity contribution in [3.63, 3.8) is 0 Å². The summed E-state index contributed by atoms with van der Waals surface area (Å²) in [4.78, 5) is 2.13. The number of benzene rings is 1. The molecule has 1 N–H and O–H groups in total. The van der Waals surface area contributed by atoms with Crippen molar-refractivity contribution in [1.29, 1.82) is 0 Å². The maximum atomic E-state index is 4.09. The average molecular weight is 232 g/mol. The van der Waals surface area contributed by atoms with Crippen LogP contribution in [0.2, 0.25) is 0 Å². The van der Waals surface area contributed by atoms with Crippen LogP contribution in [-0.4, -0.2) is 21.1 Å². The van der Waals surface area contributed by atoms with Gasteiger partial charge in [0.1, 0.15) is 0 Å². The van der Waals surface area contributed by atoms with E-state index in [-0.39, 0.29) is 0 Å². The summed E-state index contributed by atoms with van der Waals surface area (Å²) in [5, 5.41) is 3.37. The first-order valence-electron chi connectivity index (χ1n) is 6.19. The molecule has 0 aliphatic heterocycles. The van der Waals surface area contributed by atoms with Crippen molar-refractivity contribution < 1.29 is 0 Å². The molecule has 0 amide bonds. The Morgan fingerprint density at radius 2 is 2.12 bits per heavy atom. The predicted octanol–water partition coefficient (Wildman–Crippen LogP) is 3.37. The minimum atomic E-state index is 0.363. The molecule has 1 rings (SSSR count). The molecule has 0 saturated carbocycles. The first-order chi connectivity index (χ1) is 8.08. The van der Waals surface area contributed by atoms with E-state index in [1.165, 1.54) is 16.8 Å². The molecule has 0 aromatic heterocycles. The summed E-state index contributed by atoms with van der Waals surface area (Å²) in [6, 6.07) is 9.03. The fourth-order valence-corrected chi connectivity index (χ4v) is 1.84. The van der Waals surface area contributed by atoms with Gasteiger partial charge < -0.3 is 10.2 Å². The van der Waals surface area contributed by atoms with E-state index in [4.69, 9.17) is 0 Å². The van der Waals surface area contributed by atoms with E-state index >= 15 is 0 Å². The molecule has 1 unspecified atom stereocenters. The molecule has 0 bridgehead atoms. The summed E-state index contributed by atoms with van der Waals surface area (Å²) in [5.41, 5.74) is 3.86. The summed E-state index contributed by atoms with van der Waals surface area (Å²) in [5.74, 6) is 0. The maximum Gasteiger partial charge on any atom is 0.0364 e. The van der Waals surface area contributed by atoms with Crippen LogP contribution in [-0.2, 0) is 0 Å². The van der Waals surface area contributed by atoms with Crippen molar-refractivity contribution in [2.45, 2.75) is 25.8 Å². The van der Waals surface area contributed by atoms with Crippen LogP contribution >= 0.6 is 0 Å². The SMILES string of the molecule is C=C(CC)CC(NC)c1cccc(N(C)C)c1. The van der Waals surface area contributed by atoms with Crippen molar-refractivity contribution in [3.8, 4) is 0 Å². The lowest BCUT2D eigenvalue weighted by molar-refractivity contribution is 0.582. The Morgan fingerprint density at radius 1 is 1.41 bits per heavy atom. The third-order valence-corrected chi connectivity index (χ3v) is 3.13. The quantitative estimate of drug-likeness (QED) is 0.757. The molecule has 94 valence electrons. The first-order valence-corrected chi connectivity index (χ1v) is 6.19. The Hall–Kier alpha value is -1.28. The highest BCUT2D eigenvalue weighted by Gasteiger charge is 2.10. The first kappa shape index (κ1) is 13.8. The summed E-state index contributed by atoms with van der Waals surface area (Å²) < 4.78 is 0. The third kappa shape index (κ3) is 3.90. The Labute approximate surface area is 105 Å². The van der Waals surface area contributed by atoms with E-state index < -0.39 is 0 Å². The number of nitrogens with zero attached hydrogens (tertiary/aromatic N) is 1. The summed E-state index contributed by atoms with van der Waals surface area (Å²) in [6.07, 6.45) is 2.05. The van der Waals surface area contributed by atoms with Crippen LogP contribution in [0.1, 0.15) is 31.4 Å². The zero-order chi connectivity index (χ0) is 12.8. The minimum Gasteiger partial charge on any atom is -0.378 e. The molecule has 17 heavy (non-hydrogen) atoms. The van der Waals surface area contributed by atoms with E-state index in [0.717, 1.165) is 12.8 Å². The van der Waals surface area contributed by atoms with Crippen LogP contribution in [0.15, 0.2) is 36.4 Å². The number of rotatable bonds is 6. The Morgan fingerprint density at radius 3 is 2.65 bits per heavy atom. The molecule has 0 radical (unpaired) electrons. The van der Waals surface area contributed by atoms with Crippen molar-refractivity contribution in [2.75, 3.05) is 26.0 Å². The van der Waals surface area contributed by atoms with Gasteiger partial charge in [-0.1, -0.05) is 31.2 Å². The van der Waals surface area contributed by atoms with E-state index in [9.17, 15) is 0 Å². The van der Waals surface area contributed by atoms with Gasteiger partial charge in [0.05, 0.1) is 0 Å². The number of nitrogens with one attached hydrogen (secondary N) is 1. The molecular formula is C15H24N2. The lowest BCUT2D eigenvalue weighted by atomic mass is 9.98. The van der Waals surface area contributed by atoms with E-state index in [1.54, 1.807) is 0 Å². The predicted molar refractivity (Wildman–Crippen MR) is 76.6 cm³/mol. The van der Waals surface area contributed by atoms with Gasteiger partial charge in [-0.3, -0.25) is 0 Å². The van der Waals surface area contributed by atoms with Crippen molar-refractivity contribution in [2.24, 2.45) is 0 Å². The molecule has 0 heterocycles. The van der Waals surface area contributed by atoms with Crippen molar-refractivity contribution in [3.05, 3.63) is 42.0 Å². The van der Waals surface area contributed by atoms with Gasteiger partial charge in [-0.2, -0.15) is 0 Å². The molecule has 1 atom stereocenters. The van der Waals surface area contributed by atoms with Crippen LogP contribution in [0.5, 0.6) is 0 Å². The van der Waals surface area contributed by atoms with Gasteiger partial charge in [0, 0.05) is 25.8 Å². The molecule has 2 nitrogen and oxygen atoms in total. The van der Waals surface area contributed by atoms with Crippen LogP contribution in [0, 0.1) is 0 Å². The smallest absolute Gasteiger partial charge is 0.0364 e. The maximum absolute atomic E-state index is 4.09. The molecule has 0 aliphatic carbocycles. The monoisotopic (exact) mass is 232 g/mol. The Kier molecular flexibility index (Phi) is 5.23. The Balaban J connectivity index is 2.88. The lowest BCUT2D eigenvalue weighted by Gasteiger charge is -2.20. The largest absolute Gasteiger partial charge is 0.378 e. The number of hydrogen-bond donors (Lipinski definition) is 1. The molecule has 2 heteroatoms. The van der Waals surface area contributed by atoms with Crippen molar-refractivity contribution >= 4 is 5.69 Å². The Bertz CT molecular complexity index is 369. The van der Waals surface area contributed by atoms with Gasteiger partial charge >= 0.3 is 0 Å². The van der Waals surface area contributed by atoms with E-state index in [2.05, 4.69) is 62.1 Å². The van der Waals surface area contributed by atoms with Crippen LogP contribution in [0.25, 0.3) is 0 Å². The standard InChI is InChI=1S/C15H24N2/c1-6-12(2)10-15(16-3)13-8-7-9-14(11-13)17(4)5/h7-9,11,15-16H,2,6,10H2,1,3-5H3. The normalized spacial score (nSPS) is 12.2. The number of anilines is 1. The van der Waals surface area contributed by atoms with Gasteiger partial charge in [0.2, 0.25) is 0 Å². The highest BCUT2D eigenvalue weighted by molar-refractivity contribution is 5.48.